The molecule has 1 unspecified atom stereocenters. The van der Waals surface area contributed by atoms with E-state index in [9.17, 15) is 4.39 Å². The van der Waals surface area contributed by atoms with Crippen molar-refractivity contribution >= 4 is 11.3 Å². The highest BCUT2D eigenvalue weighted by Crippen LogP contribution is 2.31. The first-order valence-corrected chi connectivity index (χ1v) is 6.29. The molecule has 2 rings (SSSR count). The van der Waals surface area contributed by atoms with Crippen molar-refractivity contribution in [2.24, 2.45) is 5.73 Å². The van der Waals surface area contributed by atoms with Crippen molar-refractivity contribution < 1.29 is 4.39 Å². The predicted octanol–water partition coefficient (Wildman–Crippen LogP) is 3.59. The Morgan fingerprint density at radius 1 is 1.29 bits per heavy atom. The van der Waals surface area contributed by atoms with Crippen LogP contribution in [0.5, 0.6) is 0 Å². The summed E-state index contributed by atoms with van der Waals surface area (Å²) in [6, 6.07) is 4.93. The van der Waals surface area contributed by atoms with Gasteiger partial charge >= 0.3 is 0 Å². The summed E-state index contributed by atoms with van der Waals surface area (Å²) in [5, 5.41) is 0.831. The van der Waals surface area contributed by atoms with Gasteiger partial charge in [0.1, 0.15) is 10.8 Å². The van der Waals surface area contributed by atoms with E-state index in [0.29, 0.717) is 0 Å². The monoisotopic (exact) mass is 250 g/mol. The lowest BCUT2D eigenvalue weighted by Gasteiger charge is -2.00. The maximum absolute atomic E-state index is 13.3. The SMILES string of the molecule is Cc1cc(F)cc(-c2nc(C)c(C(C)N)s2)c1. The minimum absolute atomic E-state index is 0.0316. The summed E-state index contributed by atoms with van der Waals surface area (Å²) in [4.78, 5) is 5.51. The quantitative estimate of drug-likeness (QED) is 0.884. The molecular weight excluding hydrogens is 235 g/mol. The van der Waals surface area contributed by atoms with Crippen LogP contribution < -0.4 is 5.73 Å². The molecule has 2 aromatic rings. The van der Waals surface area contributed by atoms with E-state index in [-0.39, 0.29) is 11.9 Å². The molecular formula is C13H15FN2S. The molecule has 0 radical (unpaired) electrons. The van der Waals surface area contributed by atoms with E-state index in [1.807, 2.05) is 26.8 Å². The second-order valence-electron chi connectivity index (χ2n) is 4.27. The fraction of sp³-hybridized carbons (Fsp3) is 0.308. The van der Waals surface area contributed by atoms with Gasteiger partial charge in [0.15, 0.2) is 0 Å². The molecule has 90 valence electrons. The standard InChI is InChI=1S/C13H15FN2S/c1-7-4-10(6-11(14)5-7)13-16-9(3)12(17-13)8(2)15/h4-6,8H,15H2,1-3H3. The molecule has 0 spiro atoms. The molecule has 0 fully saturated rings. The molecule has 2 N–H and O–H groups in total. The van der Waals surface area contributed by atoms with Gasteiger partial charge in [0.2, 0.25) is 0 Å². The predicted molar refractivity (Wildman–Crippen MR) is 69.6 cm³/mol. The maximum Gasteiger partial charge on any atom is 0.124 e. The van der Waals surface area contributed by atoms with Gasteiger partial charge in [-0.15, -0.1) is 11.3 Å². The van der Waals surface area contributed by atoms with Crippen LogP contribution in [0.3, 0.4) is 0 Å². The van der Waals surface area contributed by atoms with Crippen molar-refractivity contribution in [3.05, 3.63) is 40.2 Å². The van der Waals surface area contributed by atoms with Gasteiger partial charge in [-0.25, -0.2) is 9.37 Å². The molecule has 1 aromatic carbocycles. The third kappa shape index (κ3) is 2.53. The molecule has 0 aliphatic heterocycles. The zero-order valence-electron chi connectivity index (χ0n) is 10.1. The van der Waals surface area contributed by atoms with Crippen LogP contribution in [-0.4, -0.2) is 4.98 Å². The summed E-state index contributed by atoms with van der Waals surface area (Å²) < 4.78 is 13.3. The van der Waals surface area contributed by atoms with Gasteiger partial charge in [0.05, 0.1) is 5.69 Å². The van der Waals surface area contributed by atoms with Crippen molar-refractivity contribution in [2.75, 3.05) is 0 Å². The zero-order valence-corrected chi connectivity index (χ0v) is 10.9. The van der Waals surface area contributed by atoms with E-state index in [2.05, 4.69) is 4.98 Å². The molecule has 2 nitrogen and oxygen atoms in total. The molecule has 0 saturated carbocycles. The molecule has 0 aliphatic carbocycles. The molecule has 0 amide bonds. The number of halogens is 1. The Kier molecular flexibility index (Phi) is 3.26. The summed E-state index contributed by atoms with van der Waals surface area (Å²) in [5.74, 6) is -0.227. The molecule has 0 bridgehead atoms. The van der Waals surface area contributed by atoms with Crippen LogP contribution in [0.15, 0.2) is 18.2 Å². The van der Waals surface area contributed by atoms with Crippen molar-refractivity contribution in [1.29, 1.82) is 0 Å². The van der Waals surface area contributed by atoms with Crippen LogP contribution in [-0.2, 0) is 0 Å². The van der Waals surface area contributed by atoms with E-state index >= 15 is 0 Å². The van der Waals surface area contributed by atoms with E-state index in [1.54, 1.807) is 0 Å². The van der Waals surface area contributed by atoms with Crippen LogP contribution in [0.4, 0.5) is 4.39 Å². The second-order valence-corrected chi connectivity index (χ2v) is 5.31. The third-order valence-electron chi connectivity index (χ3n) is 2.54. The van der Waals surface area contributed by atoms with Crippen molar-refractivity contribution in [3.8, 4) is 10.6 Å². The molecule has 0 saturated heterocycles. The summed E-state index contributed by atoms with van der Waals surface area (Å²) in [6.07, 6.45) is 0. The Hall–Kier alpha value is -1.26. The molecule has 1 aromatic heterocycles. The minimum atomic E-state index is -0.227. The summed E-state index contributed by atoms with van der Waals surface area (Å²) in [6.45, 7) is 5.74. The van der Waals surface area contributed by atoms with Gasteiger partial charge in [-0.05, 0) is 44.5 Å². The number of rotatable bonds is 2. The number of benzene rings is 1. The van der Waals surface area contributed by atoms with Crippen molar-refractivity contribution in [1.82, 2.24) is 4.98 Å². The molecule has 17 heavy (non-hydrogen) atoms. The highest BCUT2D eigenvalue weighted by molar-refractivity contribution is 7.15. The molecule has 4 heteroatoms. The number of nitrogens with zero attached hydrogens (tertiary/aromatic N) is 1. The van der Waals surface area contributed by atoms with Gasteiger partial charge < -0.3 is 5.73 Å². The fourth-order valence-electron chi connectivity index (χ4n) is 1.81. The number of hydrogen-bond donors (Lipinski definition) is 1. The zero-order chi connectivity index (χ0) is 12.6. The van der Waals surface area contributed by atoms with Crippen LogP contribution >= 0.6 is 11.3 Å². The molecule has 1 atom stereocenters. The highest BCUT2D eigenvalue weighted by atomic mass is 32.1. The lowest BCUT2D eigenvalue weighted by molar-refractivity contribution is 0.627. The van der Waals surface area contributed by atoms with Gasteiger partial charge in [-0.2, -0.15) is 0 Å². The number of thiazole rings is 1. The van der Waals surface area contributed by atoms with Gasteiger partial charge in [0, 0.05) is 16.5 Å². The lowest BCUT2D eigenvalue weighted by Crippen LogP contribution is -2.03. The number of aromatic nitrogens is 1. The second kappa shape index (κ2) is 4.55. The van der Waals surface area contributed by atoms with Crippen molar-refractivity contribution in [3.63, 3.8) is 0 Å². The van der Waals surface area contributed by atoms with Crippen LogP contribution in [0.1, 0.15) is 29.1 Å². The Bertz CT molecular complexity index is 526. The molecule has 0 aliphatic rings. The first-order valence-electron chi connectivity index (χ1n) is 5.48. The first-order chi connectivity index (χ1) is 7.97. The van der Waals surface area contributed by atoms with Crippen molar-refractivity contribution in [2.45, 2.75) is 26.8 Å². The first kappa shape index (κ1) is 12.2. The largest absolute Gasteiger partial charge is 0.323 e. The highest BCUT2D eigenvalue weighted by Gasteiger charge is 2.13. The number of hydrogen-bond acceptors (Lipinski definition) is 3. The Labute approximate surface area is 104 Å². The average molecular weight is 250 g/mol. The Morgan fingerprint density at radius 3 is 2.53 bits per heavy atom. The third-order valence-corrected chi connectivity index (χ3v) is 3.94. The maximum atomic E-state index is 13.3. The van der Waals surface area contributed by atoms with Gasteiger partial charge in [0.25, 0.3) is 0 Å². The van der Waals surface area contributed by atoms with Crippen LogP contribution in [0.25, 0.3) is 10.6 Å². The Morgan fingerprint density at radius 2 is 2.00 bits per heavy atom. The fourth-order valence-corrected chi connectivity index (χ4v) is 2.82. The number of aryl methyl sites for hydroxylation is 2. The summed E-state index contributed by atoms with van der Waals surface area (Å²) in [7, 11) is 0. The van der Waals surface area contributed by atoms with Crippen LogP contribution in [0, 0.1) is 19.7 Å². The molecule has 1 heterocycles. The average Bonchev–Trinajstić information content (AvgIpc) is 2.59. The van der Waals surface area contributed by atoms with E-state index in [1.165, 1.54) is 23.5 Å². The van der Waals surface area contributed by atoms with Gasteiger partial charge in [-0.3, -0.25) is 0 Å². The smallest absolute Gasteiger partial charge is 0.124 e. The normalized spacial score (nSPS) is 12.8. The topological polar surface area (TPSA) is 38.9 Å². The minimum Gasteiger partial charge on any atom is -0.323 e. The number of nitrogens with two attached hydrogens (primary N) is 1. The van der Waals surface area contributed by atoms with E-state index < -0.39 is 0 Å². The lowest BCUT2D eigenvalue weighted by atomic mass is 10.1. The van der Waals surface area contributed by atoms with Gasteiger partial charge in [-0.1, -0.05) is 0 Å². The Balaban J connectivity index is 2.49. The van der Waals surface area contributed by atoms with Crippen LogP contribution in [0.2, 0.25) is 0 Å². The van der Waals surface area contributed by atoms with E-state index in [0.717, 1.165) is 26.7 Å². The summed E-state index contributed by atoms with van der Waals surface area (Å²) in [5.41, 5.74) is 8.51. The van der Waals surface area contributed by atoms with E-state index in [4.69, 9.17) is 5.73 Å². The summed E-state index contributed by atoms with van der Waals surface area (Å²) >= 11 is 1.54.